The third-order valence-electron chi connectivity index (χ3n) is 4.52. The van der Waals surface area contributed by atoms with Crippen LogP contribution in [0.2, 0.25) is 0 Å². The Balaban J connectivity index is 1.41. The van der Waals surface area contributed by atoms with Gasteiger partial charge in [-0.3, -0.25) is 14.3 Å². The molecule has 0 fully saturated rings. The molecule has 2 amide bonds. The number of fused-ring (bicyclic) bond motifs is 2. The van der Waals surface area contributed by atoms with Crippen molar-refractivity contribution in [2.45, 2.75) is 38.9 Å². The van der Waals surface area contributed by atoms with E-state index < -0.39 is 0 Å². The Morgan fingerprint density at radius 1 is 1.23 bits per heavy atom. The predicted molar refractivity (Wildman–Crippen MR) is 98.1 cm³/mol. The summed E-state index contributed by atoms with van der Waals surface area (Å²) in [4.78, 5) is 27.7. The lowest BCUT2D eigenvalue weighted by Gasteiger charge is -2.12. The summed E-state index contributed by atoms with van der Waals surface area (Å²) >= 11 is 0. The van der Waals surface area contributed by atoms with Crippen LogP contribution < -0.4 is 10.6 Å². The predicted octanol–water partition coefficient (Wildman–Crippen LogP) is 1.86. The fourth-order valence-electron chi connectivity index (χ4n) is 3.31. The van der Waals surface area contributed by atoms with Gasteiger partial charge in [-0.2, -0.15) is 5.10 Å². The van der Waals surface area contributed by atoms with E-state index in [4.69, 9.17) is 0 Å². The minimum atomic E-state index is -0.165. The molecule has 1 aliphatic rings. The first kappa shape index (κ1) is 16.4. The standard InChI is InChI=1S/C19H21N5O2/c1-11(2)21-19(26)17-9-15-8-14(10-24(15)23-17)22-18(25)13-4-3-12-5-6-20-16(12)7-13/h3-7,9,11,14,20H,8,10H2,1-2H3,(H,21,26)(H,22,25)/t14-/m0/s1. The van der Waals surface area contributed by atoms with Crippen molar-refractivity contribution < 1.29 is 9.59 Å². The molecule has 1 aromatic carbocycles. The van der Waals surface area contributed by atoms with E-state index in [1.807, 2.05) is 44.3 Å². The lowest BCUT2D eigenvalue weighted by Crippen LogP contribution is -2.36. The number of hydrogen-bond acceptors (Lipinski definition) is 3. The molecule has 3 heterocycles. The number of aromatic nitrogens is 3. The van der Waals surface area contributed by atoms with E-state index in [9.17, 15) is 9.59 Å². The molecule has 134 valence electrons. The Morgan fingerprint density at radius 2 is 2.08 bits per heavy atom. The van der Waals surface area contributed by atoms with Gasteiger partial charge in [-0.25, -0.2) is 0 Å². The van der Waals surface area contributed by atoms with E-state index in [1.165, 1.54) is 0 Å². The molecular formula is C19H21N5O2. The van der Waals surface area contributed by atoms with Gasteiger partial charge in [-0.15, -0.1) is 0 Å². The lowest BCUT2D eigenvalue weighted by atomic mass is 10.1. The molecule has 4 rings (SSSR count). The van der Waals surface area contributed by atoms with Crippen molar-refractivity contribution in [2.24, 2.45) is 0 Å². The van der Waals surface area contributed by atoms with Crippen molar-refractivity contribution in [3.8, 4) is 0 Å². The highest BCUT2D eigenvalue weighted by molar-refractivity contribution is 5.98. The van der Waals surface area contributed by atoms with Gasteiger partial charge in [0.2, 0.25) is 0 Å². The van der Waals surface area contributed by atoms with Crippen LogP contribution in [0.5, 0.6) is 0 Å². The molecule has 7 heteroatoms. The lowest BCUT2D eigenvalue weighted by molar-refractivity contribution is 0.0924. The van der Waals surface area contributed by atoms with Crippen LogP contribution in [-0.4, -0.2) is 38.7 Å². The van der Waals surface area contributed by atoms with E-state index in [2.05, 4.69) is 20.7 Å². The zero-order valence-corrected chi connectivity index (χ0v) is 14.7. The molecule has 0 saturated heterocycles. The Kier molecular flexibility index (Phi) is 3.99. The summed E-state index contributed by atoms with van der Waals surface area (Å²) in [6.07, 6.45) is 2.52. The molecule has 2 aromatic heterocycles. The summed E-state index contributed by atoms with van der Waals surface area (Å²) in [7, 11) is 0. The smallest absolute Gasteiger partial charge is 0.271 e. The van der Waals surface area contributed by atoms with Gasteiger partial charge in [0.05, 0.1) is 12.6 Å². The highest BCUT2D eigenvalue weighted by Crippen LogP contribution is 2.18. The van der Waals surface area contributed by atoms with E-state index in [0.717, 1.165) is 16.6 Å². The van der Waals surface area contributed by atoms with E-state index >= 15 is 0 Å². The van der Waals surface area contributed by atoms with Crippen molar-refractivity contribution >= 4 is 22.7 Å². The van der Waals surface area contributed by atoms with Crippen molar-refractivity contribution in [2.75, 3.05) is 0 Å². The maximum Gasteiger partial charge on any atom is 0.271 e. The molecule has 7 nitrogen and oxygen atoms in total. The van der Waals surface area contributed by atoms with Gasteiger partial charge >= 0.3 is 0 Å². The van der Waals surface area contributed by atoms with Crippen LogP contribution in [0.4, 0.5) is 0 Å². The quantitative estimate of drug-likeness (QED) is 0.670. The molecular weight excluding hydrogens is 330 g/mol. The Morgan fingerprint density at radius 3 is 2.85 bits per heavy atom. The summed E-state index contributed by atoms with van der Waals surface area (Å²) in [5.41, 5.74) is 2.96. The van der Waals surface area contributed by atoms with Gasteiger partial charge in [0.25, 0.3) is 11.8 Å². The van der Waals surface area contributed by atoms with Gasteiger partial charge in [0, 0.05) is 35.4 Å². The number of rotatable bonds is 4. The Bertz CT molecular complexity index is 961. The SMILES string of the molecule is CC(C)NC(=O)c1cc2n(n1)C[C@@H](NC(=O)c1ccc3cc[nH]c3c1)C2. The number of nitrogens with one attached hydrogen (secondary N) is 3. The first-order valence-corrected chi connectivity index (χ1v) is 8.75. The van der Waals surface area contributed by atoms with Crippen LogP contribution in [0.1, 0.15) is 40.4 Å². The van der Waals surface area contributed by atoms with Gasteiger partial charge in [0.1, 0.15) is 5.69 Å². The largest absolute Gasteiger partial charge is 0.361 e. The number of carbonyl (C=O) groups is 2. The average Bonchev–Trinajstić information content (AvgIpc) is 3.27. The molecule has 26 heavy (non-hydrogen) atoms. The minimum Gasteiger partial charge on any atom is -0.361 e. The van der Waals surface area contributed by atoms with Gasteiger partial charge in [-0.1, -0.05) is 6.07 Å². The van der Waals surface area contributed by atoms with Gasteiger partial charge in [-0.05, 0) is 43.5 Å². The van der Waals surface area contributed by atoms with Crippen LogP contribution >= 0.6 is 0 Å². The Labute approximate surface area is 150 Å². The first-order valence-electron chi connectivity index (χ1n) is 8.75. The molecule has 1 atom stereocenters. The molecule has 0 radical (unpaired) electrons. The minimum absolute atomic E-state index is 0.0217. The zero-order chi connectivity index (χ0) is 18.3. The molecule has 0 aliphatic carbocycles. The van der Waals surface area contributed by atoms with E-state index in [-0.39, 0.29) is 23.9 Å². The van der Waals surface area contributed by atoms with Gasteiger partial charge in [0.15, 0.2) is 0 Å². The number of amides is 2. The molecule has 1 aliphatic heterocycles. The third kappa shape index (κ3) is 3.08. The highest BCUT2D eigenvalue weighted by atomic mass is 16.2. The summed E-state index contributed by atoms with van der Waals surface area (Å²) in [6.45, 7) is 4.40. The molecule has 3 N–H and O–H groups in total. The second-order valence-corrected chi connectivity index (χ2v) is 6.99. The molecule has 0 unspecified atom stereocenters. The van der Waals surface area contributed by atoms with Crippen LogP contribution in [-0.2, 0) is 13.0 Å². The van der Waals surface area contributed by atoms with Crippen molar-refractivity contribution in [3.63, 3.8) is 0 Å². The van der Waals surface area contributed by atoms with Crippen LogP contribution in [0, 0.1) is 0 Å². The Hall–Kier alpha value is -3.09. The van der Waals surface area contributed by atoms with E-state index in [1.54, 1.807) is 10.7 Å². The second kappa shape index (κ2) is 6.33. The normalized spacial score (nSPS) is 16.0. The number of H-pyrrole nitrogens is 1. The second-order valence-electron chi connectivity index (χ2n) is 6.99. The summed E-state index contributed by atoms with van der Waals surface area (Å²) < 4.78 is 1.80. The zero-order valence-electron chi connectivity index (χ0n) is 14.7. The van der Waals surface area contributed by atoms with Crippen LogP contribution in [0.25, 0.3) is 10.9 Å². The van der Waals surface area contributed by atoms with Crippen molar-refractivity contribution in [1.29, 1.82) is 0 Å². The van der Waals surface area contributed by atoms with E-state index in [0.29, 0.717) is 24.2 Å². The topological polar surface area (TPSA) is 91.8 Å². The summed E-state index contributed by atoms with van der Waals surface area (Å²) in [5, 5.41) is 11.3. The molecule has 0 saturated carbocycles. The highest BCUT2D eigenvalue weighted by Gasteiger charge is 2.26. The maximum atomic E-state index is 12.5. The van der Waals surface area contributed by atoms with Crippen molar-refractivity contribution in [3.05, 3.63) is 53.5 Å². The number of benzene rings is 1. The summed E-state index contributed by atoms with van der Waals surface area (Å²) in [6, 6.07) is 9.43. The van der Waals surface area contributed by atoms with Gasteiger partial charge < -0.3 is 15.6 Å². The fourth-order valence-corrected chi connectivity index (χ4v) is 3.31. The number of hydrogen-bond donors (Lipinski definition) is 3. The first-order chi connectivity index (χ1) is 12.5. The number of aromatic amines is 1. The number of nitrogens with zero attached hydrogens (tertiary/aromatic N) is 2. The maximum absolute atomic E-state index is 12.5. The van der Waals surface area contributed by atoms with Crippen LogP contribution in [0.15, 0.2) is 36.5 Å². The molecule has 0 bridgehead atoms. The monoisotopic (exact) mass is 351 g/mol. The third-order valence-corrected chi connectivity index (χ3v) is 4.52. The fraction of sp³-hybridized carbons (Fsp3) is 0.316. The van der Waals surface area contributed by atoms with Crippen LogP contribution in [0.3, 0.4) is 0 Å². The molecule has 0 spiro atoms. The van der Waals surface area contributed by atoms with Crippen molar-refractivity contribution in [1.82, 2.24) is 25.4 Å². The average molecular weight is 351 g/mol. The number of carbonyl (C=O) groups excluding carboxylic acids is 2. The summed E-state index contributed by atoms with van der Waals surface area (Å²) in [5.74, 6) is -0.267. The molecule has 3 aromatic rings.